The van der Waals surface area contributed by atoms with Crippen LogP contribution in [0, 0.1) is 0 Å². The summed E-state index contributed by atoms with van der Waals surface area (Å²) in [5.74, 6) is 0.403. The zero-order chi connectivity index (χ0) is 14.9. The van der Waals surface area contributed by atoms with Gasteiger partial charge in [0.05, 0.1) is 5.52 Å². The van der Waals surface area contributed by atoms with Crippen molar-refractivity contribution in [2.24, 2.45) is 0 Å². The number of hydrogen-bond donors (Lipinski definition) is 0. The number of benzene rings is 1. The predicted octanol–water partition coefficient (Wildman–Crippen LogP) is 4.00. The average Bonchev–Trinajstić information content (AvgIpc) is 2.67. The first-order valence-corrected chi connectivity index (χ1v) is 7.17. The quantitative estimate of drug-likeness (QED) is 0.781. The van der Waals surface area contributed by atoms with Crippen LogP contribution < -0.4 is 5.30 Å². The summed E-state index contributed by atoms with van der Waals surface area (Å²) in [7, 11) is 2.69. The fraction of sp³-hybridized carbons (Fsp3) is 0.500. The fourth-order valence-electron chi connectivity index (χ4n) is 2.21. The molecule has 0 spiro atoms. The lowest BCUT2D eigenvalue weighted by Crippen LogP contribution is -2.09. The Bertz CT molecular complexity index is 602. The maximum Gasteiger partial charge on any atom is 0.389 e. The Balaban J connectivity index is 2.17. The number of halogens is 3. The van der Waals surface area contributed by atoms with Gasteiger partial charge in [-0.05, 0) is 35.3 Å². The minimum absolute atomic E-state index is 0.0578. The van der Waals surface area contributed by atoms with Crippen LogP contribution in [0.1, 0.15) is 38.2 Å². The molecule has 0 bridgehead atoms. The molecule has 0 radical (unpaired) electrons. The van der Waals surface area contributed by atoms with Gasteiger partial charge in [-0.25, -0.2) is 0 Å². The summed E-state index contributed by atoms with van der Waals surface area (Å²) in [6, 6.07) is 4.03. The Labute approximate surface area is 118 Å². The third-order valence-electron chi connectivity index (χ3n) is 3.23. The summed E-state index contributed by atoms with van der Waals surface area (Å²) in [6.07, 6.45) is -2.98. The third-order valence-corrected chi connectivity index (χ3v) is 3.73. The van der Waals surface area contributed by atoms with E-state index in [2.05, 4.69) is 34.3 Å². The minimum atomic E-state index is -4.09. The van der Waals surface area contributed by atoms with Gasteiger partial charge in [-0.15, -0.1) is 9.24 Å². The molecule has 6 heteroatoms. The number of aromatic nitrogens is 2. The second-order valence-corrected chi connectivity index (χ2v) is 5.93. The normalized spacial score (nSPS) is 12.6. The Morgan fingerprint density at radius 3 is 2.60 bits per heavy atom. The molecule has 0 aliphatic heterocycles. The molecule has 0 saturated carbocycles. The van der Waals surface area contributed by atoms with E-state index in [1.807, 2.05) is 12.3 Å². The SMILES string of the molecule is CC(C)c1cc2cn(CCCC(F)(F)F)nc2cc1P. The average molecular weight is 302 g/mol. The molecule has 1 unspecified atom stereocenters. The standard InChI is InChI=1S/C14H18F3N2P/c1-9(2)11-6-10-8-19(5-3-4-14(15,16)17)18-12(10)7-13(11)20/h6-9H,3-5,20H2,1-2H3. The van der Waals surface area contributed by atoms with E-state index in [1.54, 1.807) is 4.68 Å². The van der Waals surface area contributed by atoms with Gasteiger partial charge in [0, 0.05) is 24.5 Å². The summed E-state index contributed by atoms with van der Waals surface area (Å²) >= 11 is 0. The van der Waals surface area contributed by atoms with Crippen molar-refractivity contribution in [3.05, 3.63) is 23.9 Å². The van der Waals surface area contributed by atoms with Gasteiger partial charge in [0.1, 0.15) is 0 Å². The van der Waals surface area contributed by atoms with Crippen molar-refractivity contribution >= 4 is 25.4 Å². The number of nitrogens with zero attached hydrogens (tertiary/aromatic N) is 2. The number of fused-ring (bicyclic) bond motifs is 1. The van der Waals surface area contributed by atoms with Crippen LogP contribution in [-0.2, 0) is 6.54 Å². The van der Waals surface area contributed by atoms with E-state index in [1.165, 1.54) is 5.56 Å². The van der Waals surface area contributed by atoms with E-state index in [0.29, 0.717) is 5.92 Å². The van der Waals surface area contributed by atoms with E-state index < -0.39 is 12.6 Å². The van der Waals surface area contributed by atoms with Crippen molar-refractivity contribution in [1.82, 2.24) is 9.78 Å². The largest absolute Gasteiger partial charge is 0.389 e. The van der Waals surface area contributed by atoms with Gasteiger partial charge in [-0.1, -0.05) is 13.8 Å². The van der Waals surface area contributed by atoms with Gasteiger partial charge in [0.2, 0.25) is 0 Å². The molecule has 0 saturated heterocycles. The number of hydrogen-bond acceptors (Lipinski definition) is 1. The van der Waals surface area contributed by atoms with Crippen molar-refractivity contribution in [3.8, 4) is 0 Å². The molecule has 0 aliphatic carbocycles. The molecule has 0 aliphatic rings. The summed E-state index contributed by atoms with van der Waals surface area (Å²) in [6.45, 7) is 4.52. The van der Waals surface area contributed by atoms with Gasteiger partial charge in [0.15, 0.2) is 0 Å². The number of alkyl halides is 3. The highest BCUT2D eigenvalue weighted by Gasteiger charge is 2.26. The molecule has 1 heterocycles. The number of aryl methyl sites for hydroxylation is 1. The molecule has 20 heavy (non-hydrogen) atoms. The summed E-state index contributed by atoms with van der Waals surface area (Å²) < 4.78 is 38.0. The topological polar surface area (TPSA) is 17.8 Å². The maximum absolute atomic E-state index is 12.1. The van der Waals surface area contributed by atoms with Crippen LogP contribution in [0.3, 0.4) is 0 Å². The minimum Gasteiger partial charge on any atom is -0.272 e. The van der Waals surface area contributed by atoms with E-state index in [4.69, 9.17) is 0 Å². The highest BCUT2D eigenvalue weighted by atomic mass is 31.0. The first kappa shape index (κ1) is 15.3. The highest BCUT2D eigenvalue weighted by molar-refractivity contribution is 7.27. The zero-order valence-corrected chi connectivity index (χ0v) is 12.7. The molecule has 0 fully saturated rings. The Hall–Kier alpha value is -1.09. The molecule has 2 aromatic rings. The molecule has 2 nitrogen and oxygen atoms in total. The second kappa shape index (κ2) is 5.72. The molecule has 1 atom stereocenters. The predicted molar refractivity (Wildman–Crippen MR) is 78.5 cm³/mol. The first-order chi connectivity index (χ1) is 9.26. The number of rotatable bonds is 4. The monoisotopic (exact) mass is 302 g/mol. The van der Waals surface area contributed by atoms with Crippen LogP contribution in [0.2, 0.25) is 0 Å². The van der Waals surface area contributed by atoms with Gasteiger partial charge in [0.25, 0.3) is 0 Å². The van der Waals surface area contributed by atoms with Crippen LogP contribution in [0.25, 0.3) is 10.9 Å². The highest BCUT2D eigenvalue weighted by Crippen LogP contribution is 2.23. The van der Waals surface area contributed by atoms with Gasteiger partial charge in [-0.2, -0.15) is 18.3 Å². The summed E-state index contributed by atoms with van der Waals surface area (Å²) in [5.41, 5.74) is 2.05. The zero-order valence-electron chi connectivity index (χ0n) is 11.5. The van der Waals surface area contributed by atoms with Gasteiger partial charge < -0.3 is 0 Å². The van der Waals surface area contributed by atoms with Crippen molar-refractivity contribution < 1.29 is 13.2 Å². The lowest BCUT2D eigenvalue weighted by Gasteiger charge is -2.08. The Morgan fingerprint density at radius 1 is 1.30 bits per heavy atom. The summed E-state index contributed by atoms with van der Waals surface area (Å²) in [5, 5.41) is 6.40. The fourth-order valence-corrected chi connectivity index (χ4v) is 2.79. The maximum atomic E-state index is 12.1. The molecular formula is C14H18F3N2P. The molecule has 110 valence electrons. The first-order valence-electron chi connectivity index (χ1n) is 6.59. The van der Waals surface area contributed by atoms with Crippen LogP contribution >= 0.6 is 9.24 Å². The van der Waals surface area contributed by atoms with E-state index in [9.17, 15) is 13.2 Å². The van der Waals surface area contributed by atoms with Crippen molar-refractivity contribution in [2.75, 3.05) is 0 Å². The van der Waals surface area contributed by atoms with E-state index in [-0.39, 0.29) is 13.0 Å². The molecule has 0 N–H and O–H groups in total. The van der Waals surface area contributed by atoms with E-state index in [0.717, 1.165) is 16.2 Å². The van der Waals surface area contributed by atoms with Crippen LogP contribution in [-0.4, -0.2) is 16.0 Å². The van der Waals surface area contributed by atoms with Crippen molar-refractivity contribution in [2.45, 2.75) is 45.3 Å². The molecule has 1 aromatic carbocycles. The van der Waals surface area contributed by atoms with Gasteiger partial charge in [-0.3, -0.25) is 4.68 Å². The molecule has 1 aromatic heterocycles. The van der Waals surface area contributed by atoms with E-state index >= 15 is 0 Å². The third kappa shape index (κ3) is 3.72. The second-order valence-electron chi connectivity index (χ2n) is 5.31. The lowest BCUT2D eigenvalue weighted by molar-refractivity contribution is -0.136. The molecule has 2 rings (SSSR count). The molecule has 0 amide bonds. The summed E-state index contributed by atoms with van der Waals surface area (Å²) in [4.78, 5) is 0. The van der Waals surface area contributed by atoms with Crippen molar-refractivity contribution in [3.63, 3.8) is 0 Å². The Morgan fingerprint density at radius 2 is 2.00 bits per heavy atom. The van der Waals surface area contributed by atoms with Crippen LogP contribution in [0.4, 0.5) is 13.2 Å². The Kier molecular flexibility index (Phi) is 4.38. The smallest absolute Gasteiger partial charge is 0.272 e. The lowest BCUT2D eigenvalue weighted by atomic mass is 10.0. The van der Waals surface area contributed by atoms with Gasteiger partial charge >= 0.3 is 6.18 Å². The van der Waals surface area contributed by atoms with Crippen molar-refractivity contribution in [1.29, 1.82) is 0 Å². The van der Waals surface area contributed by atoms with Crippen LogP contribution in [0.5, 0.6) is 0 Å². The van der Waals surface area contributed by atoms with Crippen LogP contribution in [0.15, 0.2) is 18.3 Å². The molecular weight excluding hydrogens is 284 g/mol.